The number of rotatable bonds is 5. The third kappa shape index (κ3) is 3.43. The Hall–Kier alpha value is -2.59. The highest BCUT2D eigenvalue weighted by atomic mass is 35.5. The van der Waals surface area contributed by atoms with Crippen LogP contribution in [0.5, 0.6) is 0 Å². The van der Waals surface area contributed by atoms with E-state index in [-0.39, 0.29) is 30.7 Å². The van der Waals surface area contributed by atoms with E-state index in [9.17, 15) is 9.59 Å². The Balaban J connectivity index is 0.00000192. The molecule has 0 aliphatic carbocycles. The van der Waals surface area contributed by atoms with Gasteiger partial charge in [-0.05, 0) is 11.1 Å². The van der Waals surface area contributed by atoms with Gasteiger partial charge in [-0.25, -0.2) is 4.79 Å². The summed E-state index contributed by atoms with van der Waals surface area (Å²) in [7, 11) is 0. The minimum absolute atomic E-state index is 0. The van der Waals surface area contributed by atoms with Crippen molar-refractivity contribution in [3.63, 3.8) is 0 Å². The maximum atomic E-state index is 12.5. The lowest BCUT2D eigenvalue weighted by Gasteiger charge is -2.19. The summed E-state index contributed by atoms with van der Waals surface area (Å²) in [6, 6.07) is 19.5. The fourth-order valence-electron chi connectivity index (χ4n) is 2.63. The molecule has 0 saturated heterocycles. The predicted molar refractivity (Wildman–Crippen MR) is 92.1 cm³/mol. The van der Waals surface area contributed by atoms with E-state index in [0.717, 1.165) is 17.4 Å². The summed E-state index contributed by atoms with van der Waals surface area (Å²) in [4.78, 5) is 23.2. The van der Waals surface area contributed by atoms with Gasteiger partial charge in [0, 0.05) is 12.4 Å². The number of aromatic nitrogens is 2. The Labute approximate surface area is 140 Å². The monoisotopic (exact) mass is 328 g/mol. The summed E-state index contributed by atoms with van der Waals surface area (Å²) in [5, 5.41) is 0. The van der Waals surface area contributed by atoms with Crippen molar-refractivity contribution in [3.05, 3.63) is 94.7 Å². The molecule has 0 unspecified atom stereocenters. The molecule has 0 amide bonds. The predicted octanol–water partition coefficient (Wildman–Crippen LogP) is 2.91. The van der Waals surface area contributed by atoms with E-state index in [1.54, 1.807) is 17.0 Å². The maximum absolute atomic E-state index is 12.5. The van der Waals surface area contributed by atoms with Gasteiger partial charge in [-0.15, -0.1) is 12.4 Å². The first-order valence-electron chi connectivity index (χ1n) is 7.12. The summed E-state index contributed by atoms with van der Waals surface area (Å²) in [5.74, 6) is 0. The number of hydrogen-bond donors (Lipinski definition) is 0. The average Bonchev–Trinajstić information content (AvgIpc) is 2.92. The van der Waals surface area contributed by atoms with Crippen LogP contribution in [-0.2, 0) is 11.3 Å². The number of carbonyl (C=O) groups excluding carboxylic acids is 1. The van der Waals surface area contributed by atoms with Crippen LogP contribution in [0.15, 0.2) is 77.9 Å². The molecule has 0 aliphatic rings. The number of carbonyl (C=O) groups is 1. The van der Waals surface area contributed by atoms with E-state index in [4.69, 9.17) is 0 Å². The number of benzene rings is 2. The Morgan fingerprint density at radius 3 is 1.87 bits per heavy atom. The Morgan fingerprint density at radius 2 is 1.39 bits per heavy atom. The molecule has 5 heteroatoms. The minimum Gasteiger partial charge on any atom is -0.301 e. The second-order valence-electron chi connectivity index (χ2n) is 5.03. The van der Waals surface area contributed by atoms with Crippen molar-refractivity contribution in [1.82, 2.24) is 9.13 Å². The molecule has 1 heterocycles. The molecule has 23 heavy (non-hydrogen) atoms. The smallest absolute Gasteiger partial charge is 0.301 e. The van der Waals surface area contributed by atoms with Crippen LogP contribution < -0.4 is 5.69 Å². The molecule has 0 atom stereocenters. The number of imidazole rings is 1. The van der Waals surface area contributed by atoms with Gasteiger partial charge < -0.3 is 4.79 Å². The molecular formula is C18H17ClN2O2. The molecule has 3 rings (SSSR count). The minimum atomic E-state index is -0.206. The zero-order valence-corrected chi connectivity index (χ0v) is 13.2. The summed E-state index contributed by atoms with van der Waals surface area (Å²) in [6.45, 7) is 0.0716. The Kier molecular flexibility index (Phi) is 5.55. The van der Waals surface area contributed by atoms with Crippen molar-refractivity contribution < 1.29 is 4.79 Å². The summed E-state index contributed by atoms with van der Waals surface area (Å²) >= 11 is 0. The molecule has 0 spiro atoms. The quantitative estimate of drug-likeness (QED) is 0.676. The molecular weight excluding hydrogens is 312 g/mol. The summed E-state index contributed by atoms with van der Waals surface area (Å²) < 4.78 is 3.07. The molecule has 3 aromatic rings. The lowest BCUT2D eigenvalue weighted by molar-refractivity contribution is -0.108. The van der Waals surface area contributed by atoms with E-state index in [1.165, 1.54) is 4.57 Å². The molecule has 2 aromatic carbocycles. The molecule has 0 N–H and O–H groups in total. The molecule has 118 valence electrons. The van der Waals surface area contributed by atoms with Gasteiger partial charge >= 0.3 is 5.69 Å². The number of halogens is 1. The van der Waals surface area contributed by atoms with Gasteiger partial charge in [-0.3, -0.25) is 9.13 Å². The first-order valence-corrected chi connectivity index (χ1v) is 7.12. The van der Waals surface area contributed by atoms with Gasteiger partial charge in [0.2, 0.25) is 0 Å². The molecule has 0 aliphatic heterocycles. The Bertz CT molecular complexity index is 770. The van der Waals surface area contributed by atoms with Crippen LogP contribution in [0.3, 0.4) is 0 Å². The van der Waals surface area contributed by atoms with E-state index < -0.39 is 0 Å². The van der Waals surface area contributed by atoms with Crippen LogP contribution in [-0.4, -0.2) is 15.4 Å². The first kappa shape index (κ1) is 16.8. The highest BCUT2D eigenvalue weighted by Crippen LogP contribution is 2.25. The normalized spacial score (nSPS) is 10.3. The maximum Gasteiger partial charge on any atom is 0.329 e. The zero-order valence-electron chi connectivity index (χ0n) is 12.4. The van der Waals surface area contributed by atoms with E-state index in [2.05, 4.69) is 0 Å². The van der Waals surface area contributed by atoms with Crippen molar-refractivity contribution >= 4 is 18.7 Å². The third-order valence-electron chi connectivity index (χ3n) is 3.65. The van der Waals surface area contributed by atoms with Gasteiger partial charge in [0.15, 0.2) is 0 Å². The lowest BCUT2D eigenvalue weighted by Crippen LogP contribution is -2.28. The SMILES string of the molecule is Cl.O=CCn1ccn(C(c2ccccc2)c2ccccc2)c1=O. The first-order chi connectivity index (χ1) is 10.8. The Morgan fingerprint density at radius 1 is 0.870 bits per heavy atom. The van der Waals surface area contributed by atoms with Crippen molar-refractivity contribution in [2.75, 3.05) is 0 Å². The molecule has 0 fully saturated rings. The summed E-state index contributed by atoms with van der Waals surface area (Å²) in [5.41, 5.74) is 1.86. The zero-order chi connectivity index (χ0) is 15.4. The number of hydrogen-bond acceptors (Lipinski definition) is 2. The standard InChI is InChI=1S/C18H16N2O2.ClH/c21-14-13-19-11-12-20(18(19)22)17(15-7-3-1-4-8-15)16-9-5-2-6-10-16;/h1-12,14,17H,13H2;1H. The van der Waals surface area contributed by atoms with Crippen molar-refractivity contribution in [3.8, 4) is 0 Å². The molecule has 4 nitrogen and oxygen atoms in total. The average molecular weight is 329 g/mol. The van der Waals surface area contributed by atoms with Crippen molar-refractivity contribution in [1.29, 1.82) is 0 Å². The van der Waals surface area contributed by atoms with Crippen LogP contribution in [0.25, 0.3) is 0 Å². The van der Waals surface area contributed by atoms with Gasteiger partial charge in [0.25, 0.3) is 0 Å². The second-order valence-corrected chi connectivity index (χ2v) is 5.03. The number of aldehydes is 1. The number of nitrogens with zero attached hydrogens (tertiary/aromatic N) is 2. The fourth-order valence-corrected chi connectivity index (χ4v) is 2.63. The van der Waals surface area contributed by atoms with E-state index in [0.29, 0.717) is 0 Å². The molecule has 0 bridgehead atoms. The van der Waals surface area contributed by atoms with Crippen LogP contribution in [0.2, 0.25) is 0 Å². The van der Waals surface area contributed by atoms with E-state index >= 15 is 0 Å². The third-order valence-corrected chi connectivity index (χ3v) is 3.65. The fraction of sp³-hybridized carbons (Fsp3) is 0.111. The molecule has 0 radical (unpaired) electrons. The molecule has 0 saturated carbocycles. The van der Waals surface area contributed by atoms with Crippen LogP contribution in [0, 0.1) is 0 Å². The van der Waals surface area contributed by atoms with Gasteiger partial charge in [-0.1, -0.05) is 60.7 Å². The van der Waals surface area contributed by atoms with E-state index in [1.807, 2.05) is 60.7 Å². The van der Waals surface area contributed by atoms with Crippen LogP contribution in [0.1, 0.15) is 17.2 Å². The topological polar surface area (TPSA) is 44.0 Å². The van der Waals surface area contributed by atoms with Crippen molar-refractivity contribution in [2.24, 2.45) is 0 Å². The molecule has 1 aromatic heterocycles. The largest absolute Gasteiger partial charge is 0.329 e. The van der Waals surface area contributed by atoms with Crippen LogP contribution in [0.4, 0.5) is 0 Å². The van der Waals surface area contributed by atoms with Crippen molar-refractivity contribution in [2.45, 2.75) is 12.6 Å². The van der Waals surface area contributed by atoms with Crippen LogP contribution >= 0.6 is 12.4 Å². The van der Waals surface area contributed by atoms with Gasteiger partial charge in [0.1, 0.15) is 6.29 Å². The highest BCUT2D eigenvalue weighted by molar-refractivity contribution is 5.85. The second kappa shape index (κ2) is 7.61. The lowest BCUT2D eigenvalue weighted by atomic mass is 9.99. The highest BCUT2D eigenvalue weighted by Gasteiger charge is 2.18. The van der Waals surface area contributed by atoms with Gasteiger partial charge in [0.05, 0.1) is 12.6 Å². The van der Waals surface area contributed by atoms with Gasteiger partial charge in [-0.2, -0.15) is 0 Å². The summed E-state index contributed by atoms with van der Waals surface area (Å²) in [6.07, 6.45) is 4.11.